The van der Waals surface area contributed by atoms with E-state index in [0.717, 1.165) is 11.8 Å². The number of hydrogen-bond acceptors (Lipinski definition) is 8. The van der Waals surface area contributed by atoms with Gasteiger partial charge in [0.25, 0.3) is 11.5 Å². The van der Waals surface area contributed by atoms with E-state index in [9.17, 15) is 19.5 Å². The number of nitrogens with two attached hydrogens (primary N) is 1. The van der Waals surface area contributed by atoms with Crippen LogP contribution in [-0.4, -0.2) is 34.2 Å². The summed E-state index contributed by atoms with van der Waals surface area (Å²) in [6.07, 6.45) is 0.284. The minimum Gasteiger partial charge on any atom is -0.549 e. The second-order valence-corrected chi connectivity index (χ2v) is 6.34. The third-order valence-corrected chi connectivity index (χ3v) is 4.63. The molecule has 26 heavy (non-hydrogen) atoms. The largest absolute Gasteiger partial charge is 0.549 e. The van der Waals surface area contributed by atoms with Crippen molar-refractivity contribution in [2.75, 3.05) is 18.2 Å². The predicted molar refractivity (Wildman–Crippen MR) is 95.2 cm³/mol. The Labute approximate surface area is 153 Å². The SMILES string of the molecule is CC[C@H](Sc1nc(N)c(NC(=O)c2ccc(OC)cc2)c(=O)[nH]1)C(=O)[O-]. The number of carbonyl (C=O) groups excluding carboxylic acids is 2. The van der Waals surface area contributed by atoms with Crippen molar-refractivity contribution < 1.29 is 19.4 Å². The number of nitrogens with one attached hydrogen (secondary N) is 2. The Bertz CT molecular complexity index is 866. The molecule has 4 N–H and O–H groups in total. The third-order valence-electron chi connectivity index (χ3n) is 3.40. The van der Waals surface area contributed by atoms with Crippen molar-refractivity contribution in [3.8, 4) is 5.75 Å². The van der Waals surface area contributed by atoms with Gasteiger partial charge < -0.3 is 25.7 Å². The Balaban J connectivity index is 2.20. The highest BCUT2D eigenvalue weighted by molar-refractivity contribution is 8.00. The van der Waals surface area contributed by atoms with Crippen LogP contribution in [0.25, 0.3) is 0 Å². The molecule has 2 aromatic rings. The lowest BCUT2D eigenvalue weighted by atomic mass is 10.2. The molecule has 1 amide bonds. The fourth-order valence-corrected chi connectivity index (χ4v) is 2.84. The van der Waals surface area contributed by atoms with Gasteiger partial charge in [-0.1, -0.05) is 18.7 Å². The Kier molecular flexibility index (Phi) is 6.23. The first-order valence-electron chi connectivity index (χ1n) is 7.58. The van der Waals surface area contributed by atoms with E-state index < -0.39 is 22.7 Å². The van der Waals surface area contributed by atoms with Gasteiger partial charge in [-0.05, 0) is 30.7 Å². The van der Waals surface area contributed by atoms with E-state index >= 15 is 0 Å². The number of aromatic nitrogens is 2. The molecule has 0 saturated heterocycles. The molecule has 0 fully saturated rings. The number of nitrogens with zero attached hydrogens (tertiary/aromatic N) is 1. The zero-order valence-corrected chi connectivity index (χ0v) is 14.9. The Morgan fingerprint density at radius 3 is 2.54 bits per heavy atom. The summed E-state index contributed by atoms with van der Waals surface area (Å²) in [7, 11) is 1.50. The molecule has 0 spiro atoms. The van der Waals surface area contributed by atoms with Gasteiger partial charge in [0, 0.05) is 5.56 Å². The van der Waals surface area contributed by atoms with Gasteiger partial charge in [0.1, 0.15) is 11.4 Å². The van der Waals surface area contributed by atoms with Crippen molar-refractivity contribution in [2.45, 2.75) is 23.8 Å². The minimum atomic E-state index is -1.27. The summed E-state index contributed by atoms with van der Waals surface area (Å²) in [5.74, 6) is -1.45. The highest BCUT2D eigenvalue weighted by Crippen LogP contribution is 2.23. The Morgan fingerprint density at radius 1 is 1.38 bits per heavy atom. The number of ether oxygens (including phenoxy) is 1. The normalized spacial score (nSPS) is 11.6. The van der Waals surface area contributed by atoms with Crippen LogP contribution in [0.5, 0.6) is 5.75 Å². The van der Waals surface area contributed by atoms with Crippen LogP contribution < -0.4 is 26.5 Å². The van der Waals surface area contributed by atoms with Crippen molar-refractivity contribution >= 4 is 35.1 Å². The summed E-state index contributed by atoms with van der Waals surface area (Å²) in [6, 6.07) is 6.26. The monoisotopic (exact) mass is 377 g/mol. The zero-order valence-electron chi connectivity index (χ0n) is 14.1. The quantitative estimate of drug-likeness (QED) is 0.458. The third kappa shape index (κ3) is 4.54. The van der Waals surface area contributed by atoms with E-state index in [1.807, 2.05) is 0 Å². The second kappa shape index (κ2) is 8.39. The molecule has 0 aliphatic carbocycles. The summed E-state index contributed by atoms with van der Waals surface area (Å²) >= 11 is 0.818. The van der Waals surface area contributed by atoms with Gasteiger partial charge in [-0.15, -0.1) is 0 Å². The maximum atomic E-state index is 12.2. The maximum absolute atomic E-state index is 12.2. The molecule has 1 aromatic heterocycles. The smallest absolute Gasteiger partial charge is 0.277 e. The van der Waals surface area contributed by atoms with Gasteiger partial charge in [0.05, 0.1) is 18.3 Å². The molecule has 10 heteroatoms. The highest BCUT2D eigenvalue weighted by Gasteiger charge is 2.16. The number of benzene rings is 1. The number of aliphatic carboxylic acids is 1. The molecular weight excluding hydrogens is 360 g/mol. The molecule has 1 aromatic carbocycles. The van der Waals surface area contributed by atoms with Gasteiger partial charge in [0.2, 0.25) is 0 Å². The summed E-state index contributed by atoms with van der Waals surface area (Å²) < 4.78 is 5.01. The fourth-order valence-electron chi connectivity index (χ4n) is 2.01. The van der Waals surface area contributed by atoms with Gasteiger partial charge in [-0.3, -0.25) is 14.6 Å². The highest BCUT2D eigenvalue weighted by atomic mass is 32.2. The molecule has 0 bridgehead atoms. The van der Waals surface area contributed by atoms with Crippen molar-refractivity contribution in [2.24, 2.45) is 0 Å². The molecule has 0 aliphatic rings. The van der Waals surface area contributed by atoms with E-state index in [1.165, 1.54) is 19.2 Å². The molecule has 0 aliphatic heterocycles. The van der Waals surface area contributed by atoms with E-state index in [-0.39, 0.29) is 23.1 Å². The fraction of sp³-hybridized carbons (Fsp3) is 0.250. The van der Waals surface area contributed by atoms with Crippen LogP contribution in [0.1, 0.15) is 23.7 Å². The number of carboxylic acid groups (broad SMARTS) is 1. The molecule has 2 rings (SSSR count). The van der Waals surface area contributed by atoms with Crippen LogP contribution in [0.3, 0.4) is 0 Å². The number of aromatic amines is 1. The zero-order chi connectivity index (χ0) is 19.3. The van der Waals surface area contributed by atoms with Gasteiger partial charge >= 0.3 is 0 Å². The van der Waals surface area contributed by atoms with Crippen molar-refractivity contribution in [1.82, 2.24) is 9.97 Å². The lowest BCUT2D eigenvalue weighted by Crippen LogP contribution is -2.33. The topological polar surface area (TPSA) is 150 Å². The molecule has 138 valence electrons. The Morgan fingerprint density at radius 2 is 2.04 bits per heavy atom. The molecule has 0 unspecified atom stereocenters. The molecule has 0 radical (unpaired) electrons. The lowest BCUT2D eigenvalue weighted by Gasteiger charge is -2.15. The number of hydrogen-bond donors (Lipinski definition) is 3. The van der Waals surface area contributed by atoms with Crippen LogP contribution in [0, 0.1) is 0 Å². The first-order chi connectivity index (χ1) is 12.3. The van der Waals surface area contributed by atoms with Crippen molar-refractivity contribution in [1.29, 1.82) is 0 Å². The number of thioether (sulfide) groups is 1. The Hall–Kier alpha value is -3.01. The minimum absolute atomic E-state index is 0.0333. The number of carboxylic acids is 1. The number of methoxy groups -OCH3 is 1. The first kappa shape index (κ1) is 19.3. The lowest BCUT2D eigenvalue weighted by molar-refractivity contribution is -0.304. The number of rotatable bonds is 7. The van der Waals surface area contributed by atoms with E-state index in [0.29, 0.717) is 11.3 Å². The number of carbonyl (C=O) groups is 2. The number of nitrogen functional groups attached to an aromatic ring is 1. The standard InChI is InChI=1S/C16H18N4O5S/c1-3-10(15(23)24)26-16-19-12(17)11(14(22)20-16)18-13(21)8-4-6-9(25-2)7-5-8/h4-7,10H,3H2,1-2H3,(H,18,21)(H,23,24)(H3,17,19,20,22)/p-1/t10-/m0/s1. The van der Waals surface area contributed by atoms with E-state index in [2.05, 4.69) is 15.3 Å². The average Bonchev–Trinajstić information content (AvgIpc) is 2.62. The summed E-state index contributed by atoms with van der Waals surface area (Å²) in [6.45, 7) is 1.67. The molecule has 1 atom stereocenters. The molecule has 0 saturated carbocycles. The predicted octanol–water partition coefficient (Wildman–Crippen LogP) is 0.234. The van der Waals surface area contributed by atoms with Crippen LogP contribution in [-0.2, 0) is 4.79 Å². The first-order valence-corrected chi connectivity index (χ1v) is 8.46. The van der Waals surface area contributed by atoms with Gasteiger partial charge in [-0.25, -0.2) is 4.98 Å². The van der Waals surface area contributed by atoms with Crippen molar-refractivity contribution in [3.63, 3.8) is 0 Å². The number of anilines is 2. The molecule has 1 heterocycles. The van der Waals surface area contributed by atoms with Crippen molar-refractivity contribution in [3.05, 3.63) is 40.2 Å². The van der Waals surface area contributed by atoms with Crippen LogP contribution in [0.15, 0.2) is 34.2 Å². The van der Waals surface area contributed by atoms with Gasteiger partial charge in [0.15, 0.2) is 11.0 Å². The van der Waals surface area contributed by atoms with E-state index in [1.54, 1.807) is 19.1 Å². The summed E-state index contributed by atoms with van der Waals surface area (Å²) in [5.41, 5.74) is 5.15. The molecular formula is C16H17N4O5S-. The second-order valence-electron chi connectivity index (χ2n) is 5.15. The number of H-pyrrole nitrogens is 1. The van der Waals surface area contributed by atoms with Crippen LogP contribution >= 0.6 is 11.8 Å². The average molecular weight is 377 g/mol. The number of amides is 1. The van der Waals surface area contributed by atoms with E-state index in [4.69, 9.17) is 10.5 Å². The summed E-state index contributed by atoms with van der Waals surface area (Å²) in [5, 5.41) is 12.5. The molecule has 9 nitrogen and oxygen atoms in total. The van der Waals surface area contributed by atoms with Crippen LogP contribution in [0.2, 0.25) is 0 Å². The summed E-state index contributed by atoms with van der Waals surface area (Å²) in [4.78, 5) is 41.7. The van der Waals surface area contributed by atoms with Crippen LogP contribution in [0.4, 0.5) is 11.5 Å². The van der Waals surface area contributed by atoms with Gasteiger partial charge in [-0.2, -0.15) is 0 Å². The maximum Gasteiger partial charge on any atom is 0.277 e.